The number of thioether (sulfide) groups is 1. The Labute approximate surface area is 105 Å². The van der Waals surface area contributed by atoms with E-state index in [0.717, 1.165) is 17.7 Å². The van der Waals surface area contributed by atoms with Crippen molar-refractivity contribution in [2.75, 3.05) is 5.75 Å². The minimum absolute atomic E-state index is 0.211. The molecule has 0 aliphatic heterocycles. The van der Waals surface area contributed by atoms with E-state index in [-0.39, 0.29) is 6.42 Å². The van der Waals surface area contributed by atoms with Crippen molar-refractivity contribution in [3.8, 4) is 0 Å². The first-order chi connectivity index (χ1) is 7.63. The molecule has 0 saturated heterocycles. The van der Waals surface area contributed by atoms with E-state index in [2.05, 4.69) is 6.92 Å². The van der Waals surface area contributed by atoms with E-state index in [1.165, 1.54) is 4.90 Å². The lowest BCUT2D eigenvalue weighted by Crippen LogP contribution is -1.97. The van der Waals surface area contributed by atoms with Gasteiger partial charge in [0.15, 0.2) is 0 Å². The molecule has 0 spiro atoms. The van der Waals surface area contributed by atoms with Crippen molar-refractivity contribution in [1.82, 2.24) is 0 Å². The largest absolute Gasteiger partial charge is 0.481 e. The molecule has 0 amide bonds. The van der Waals surface area contributed by atoms with Crippen molar-refractivity contribution in [3.63, 3.8) is 0 Å². The molecule has 0 atom stereocenters. The van der Waals surface area contributed by atoms with Crippen molar-refractivity contribution >= 4 is 29.3 Å². The monoisotopic (exact) mass is 258 g/mol. The van der Waals surface area contributed by atoms with Gasteiger partial charge in [-0.25, -0.2) is 0 Å². The highest BCUT2D eigenvalue weighted by atomic mass is 35.5. The maximum atomic E-state index is 10.4. The Kier molecular flexibility index (Phi) is 5.71. The van der Waals surface area contributed by atoms with Gasteiger partial charge in [0.2, 0.25) is 0 Å². The average Bonchev–Trinajstić information content (AvgIpc) is 2.21. The normalized spacial score (nSPS) is 10.4. The molecule has 0 fully saturated rings. The lowest BCUT2D eigenvalue weighted by molar-refractivity contribution is -0.137. The Morgan fingerprint density at radius 1 is 1.50 bits per heavy atom. The zero-order chi connectivity index (χ0) is 12.0. The Morgan fingerprint density at radius 3 is 2.88 bits per heavy atom. The third kappa shape index (κ3) is 4.45. The minimum atomic E-state index is -0.744. The second-order valence-electron chi connectivity index (χ2n) is 3.43. The molecule has 1 N–H and O–H groups in total. The van der Waals surface area contributed by atoms with E-state index in [1.807, 2.05) is 18.2 Å². The molecule has 1 rings (SSSR count). The number of aryl methyl sites for hydroxylation is 1. The lowest BCUT2D eigenvalue weighted by Gasteiger charge is -2.08. The van der Waals surface area contributed by atoms with Crippen LogP contribution in [0.3, 0.4) is 0 Å². The number of aliphatic carboxylic acids is 1. The predicted molar refractivity (Wildman–Crippen MR) is 68.4 cm³/mol. The zero-order valence-corrected chi connectivity index (χ0v) is 10.8. The van der Waals surface area contributed by atoms with Crippen molar-refractivity contribution in [2.24, 2.45) is 0 Å². The lowest BCUT2D eigenvalue weighted by atomic mass is 10.1. The second kappa shape index (κ2) is 6.81. The fraction of sp³-hybridized carbons (Fsp3) is 0.417. The number of benzene rings is 1. The minimum Gasteiger partial charge on any atom is -0.481 e. The molecule has 2 nitrogen and oxygen atoms in total. The van der Waals surface area contributed by atoms with Crippen LogP contribution in [0.5, 0.6) is 0 Å². The third-order valence-corrected chi connectivity index (χ3v) is 3.39. The number of halogens is 1. The molecule has 0 heterocycles. The number of carbonyl (C=O) groups is 1. The van der Waals surface area contributed by atoms with Crippen LogP contribution in [0.4, 0.5) is 0 Å². The van der Waals surface area contributed by atoms with Gasteiger partial charge in [-0.15, -0.1) is 11.8 Å². The number of carboxylic acid groups (broad SMARTS) is 1. The van der Waals surface area contributed by atoms with E-state index >= 15 is 0 Å². The summed E-state index contributed by atoms with van der Waals surface area (Å²) in [6, 6.07) is 5.81. The second-order valence-corrected chi connectivity index (χ2v) is 5.17. The zero-order valence-electron chi connectivity index (χ0n) is 9.20. The molecule has 4 heteroatoms. The average molecular weight is 259 g/mol. The summed E-state index contributed by atoms with van der Waals surface area (Å²) in [6.45, 7) is 2.10. The van der Waals surface area contributed by atoms with E-state index in [4.69, 9.17) is 16.7 Å². The van der Waals surface area contributed by atoms with Gasteiger partial charge >= 0.3 is 5.97 Å². The molecule has 0 bridgehead atoms. The van der Waals surface area contributed by atoms with Gasteiger partial charge in [-0.05, 0) is 42.4 Å². The highest BCUT2D eigenvalue weighted by molar-refractivity contribution is 7.99. The fourth-order valence-electron chi connectivity index (χ4n) is 1.47. The summed E-state index contributed by atoms with van der Waals surface area (Å²) < 4.78 is 0. The highest BCUT2D eigenvalue weighted by Crippen LogP contribution is 2.26. The smallest absolute Gasteiger partial charge is 0.303 e. The molecule has 1 aromatic rings. The quantitative estimate of drug-likeness (QED) is 0.788. The van der Waals surface area contributed by atoms with Gasteiger partial charge < -0.3 is 5.11 Å². The van der Waals surface area contributed by atoms with Crippen LogP contribution in [0.25, 0.3) is 0 Å². The molecule has 0 unspecified atom stereocenters. The van der Waals surface area contributed by atoms with Gasteiger partial charge in [0, 0.05) is 16.3 Å². The number of hydrogen-bond donors (Lipinski definition) is 1. The van der Waals surface area contributed by atoms with Crippen molar-refractivity contribution in [1.29, 1.82) is 0 Å². The van der Waals surface area contributed by atoms with Crippen LogP contribution in [-0.2, 0) is 11.2 Å². The summed E-state index contributed by atoms with van der Waals surface area (Å²) in [6.07, 6.45) is 1.64. The van der Waals surface area contributed by atoms with E-state index in [1.54, 1.807) is 11.8 Å². The first-order valence-electron chi connectivity index (χ1n) is 5.26. The molecule has 0 radical (unpaired) electrons. The summed E-state index contributed by atoms with van der Waals surface area (Å²) in [5, 5.41) is 9.30. The summed E-state index contributed by atoms with van der Waals surface area (Å²) >= 11 is 7.70. The van der Waals surface area contributed by atoms with Gasteiger partial charge in [0.25, 0.3) is 0 Å². The molecule has 0 aliphatic carbocycles. The van der Waals surface area contributed by atoms with E-state index < -0.39 is 5.97 Å². The predicted octanol–water partition coefficient (Wildman–Crippen LogP) is 3.86. The molecular formula is C12H15ClO2S. The van der Waals surface area contributed by atoms with E-state index in [0.29, 0.717) is 11.4 Å². The molecule has 1 aromatic carbocycles. The van der Waals surface area contributed by atoms with Crippen LogP contribution in [0.2, 0.25) is 5.02 Å². The molecular weight excluding hydrogens is 244 g/mol. The van der Waals surface area contributed by atoms with Crippen LogP contribution in [0.1, 0.15) is 25.3 Å². The first kappa shape index (κ1) is 13.4. The van der Waals surface area contributed by atoms with Crippen LogP contribution in [-0.4, -0.2) is 16.8 Å². The summed E-state index contributed by atoms with van der Waals surface area (Å²) in [5.41, 5.74) is 1.15. The molecule has 0 aliphatic rings. The van der Waals surface area contributed by atoms with Crippen molar-refractivity contribution < 1.29 is 9.90 Å². The van der Waals surface area contributed by atoms with Crippen LogP contribution in [0, 0.1) is 0 Å². The standard InChI is InChI=1S/C12H15ClO2S/c1-2-16-11-7-6-10(13)8-9(11)4-3-5-12(14)15/h6-8H,2-5H2,1H3,(H,14,15). The Balaban J connectivity index is 2.67. The fourth-order valence-corrected chi connectivity index (χ4v) is 2.49. The van der Waals surface area contributed by atoms with Crippen molar-refractivity contribution in [2.45, 2.75) is 31.1 Å². The summed E-state index contributed by atoms with van der Waals surface area (Å²) in [7, 11) is 0. The van der Waals surface area contributed by atoms with Gasteiger partial charge in [0.1, 0.15) is 0 Å². The number of rotatable bonds is 6. The Morgan fingerprint density at radius 2 is 2.25 bits per heavy atom. The molecule has 16 heavy (non-hydrogen) atoms. The SMILES string of the molecule is CCSc1ccc(Cl)cc1CCCC(=O)O. The van der Waals surface area contributed by atoms with Gasteiger partial charge in [-0.3, -0.25) is 4.79 Å². The maximum Gasteiger partial charge on any atom is 0.303 e. The van der Waals surface area contributed by atoms with Crippen LogP contribution < -0.4 is 0 Å². The highest BCUT2D eigenvalue weighted by Gasteiger charge is 2.05. The molecule has 0 aromatic heterocycles. The molecule has 0 saturated carbocycles. The third-order valence-electron chi connectivity index (χ3n) is 2.16. The van der Waals surface area contributed by atoms with Gasteiger partial charge in [0.05, 0.1) is 0 Å². The van der Waals surface area contributed by atoms with Crippen molar-refractivity contribution in [3.05, 3.63) is 28.8 Å². The van der Waals surface area contributed by atoms with E-state index in [9.17, 15) is 4.79 Å². The summed E-state index contributed by atoms with van der Waals surface area (Å²) in [5.74, 6) is 0.264. The Bertz CT molecular complexity index is 366. The maximum absolute atomic E-state index is 10.4. The van der Waals surface area contributed by atoms with Gasteiger partial charge in [-0.1, -0.05) is 18.5 Å². The summed E-state index contributed by atoms with van der Waals surface area (Å²) in [4.78, 5) is 11.6. The van der Waals surface area contributed by atoms with Gasteiger partial charge in [-0.2, -0.15) is 0 Å². The molecule has 88 valence electrons. The number of hydrogen-bond acceptors (Lipinski definition) is 2. The number of carboxylic acids is 1. The van der Waals surface area contributed by atoms with Crippen LogP contribution >= 0.6 is 23.4 Å². The topological polar surface area (TPSA) is 37.3 Å². The van der Waals surface area contributed by atoms with Crippen LogP contribution in [0.15, 0.2) is 23.1 Å². The Hall–Kier alpha value is -0.670. The first-order valence-corrected chi connectivity index (χ1v) is 6.63.